The second-order valence-electron chi connectivity index (χ2n) is 10.6. The smallest absolute Gasteiger partial charge is 0.317 e. The van der Waals surface area contributed by atoms with Gasteiger partial charge in [0.25, 0.3) is 5.69 Å². The van der Waals surface area contributed by atoms with E-state index < -0.39 is 27.3 Å². The van der Waals surface area contributed by atoms with Crippen LogP contribution in [0.25, 0.3) is 0 Å². The molecular weight excluding hydrogens is 542 g/mol. The van der Waals surface area contributed by atoms with Crippen LogP contribution in [0.3, 0.4) is 0 Å². The minimum Gasteiger partial charge on any atom is -0.475 e. The van der Waals surface area contributed by atoms with Crippen molar-refractivity contribution in [2.24, 2.45) is 0 Å². The van der Waals surface area contributed by atoms with Gasteiger partial charge in [0.1, 0.15) is 6.54 Å². The zero-order chi connectivity index (χ0) is 27.7. The lowest BCUT2D eigenvalue weighted by atomic mass is 10.0. The number of rotatable bonds is 22. The molecule has 0 fully saturated rings. The minimum absolute atomic E-state index is 0.0888. The molecule has 10 heteroatoms. The van der Waals surface area contributed by atoms with Gasteiger partial charge in [-0.2, -0.15) is 0 Å². The number of hydrogen-bond acceptors (Lipinski definition) is 6. The summed E-state index contributed by atoms with van der Waals surface area (Å²) in [5.41, 5.74) is -0.904. The third-order valence-corrected chi connectivity index (χ3v) is 7.37. The fraction of sp³-hybridized carbons (Fsp3) is 0.778. The van der Waals surface area contributed by atoms with E-state index in [-0.39, 0.29) is 16.8 Å². The molecule has 0 heterocycles. The van der Waals surface area contributed by atoms with Crippen molar-refractivity contribution < 1.29 is 24.2 Å². The summed E-state index contributed by atoms with van der Waals surface area (Å²) in [6.07, 6.45) is 17.6. The topological polar surface area (TPSA) is 116 Å². The van der Waals surface area contributed by atoms with Crippen LogP contribution in [0.2, 0.25) is 0 Å². The van der Waals surface area contributed by atoms with Crippen LogP contribution in [0.5, 0.6) is 5.75 Å². The Morgan fingerprint density at radius 3 is 1.73 bits per heavy atom. The number of quaternary nitrogens is 1. The van der Waals surface area contributed by atoms with Gasteiger partial charge in [0.15, 0.2) is 11.9 Å². The van der Waals surface area contributed by atoms with Crippen LogP contribution in [0.1, 0.15) is 96.8 Å². The maximum atomic E-state index is 11.4. The molecule has 0 aliphatic rings. The zero-order valence-electron chi connectivity index (χ0n) is 23.0. The van der Waals surface area contributed by atoms with Crippen LogP contribution in [-0.4, -0.2) is 59.3 Å². The average molecular weight is 590 g/mol. The van der Waals surface area contributed by atoms with Crippen LogP contribution in [0, 0.1) is 20.2 Å². The molecule has 1 atom stereocenters. The first-order valence-corrected chi connectivity index (χ1v) is 14.6. The fourth-order valence-corrected chi connectivity index (χ4v) is 5.07. The third-order valence-electron chi connectivity index (χ3n) is 6.73. The fourth-order valence-electron chi connectivity index (χ4n) is 4.60. The van der Waals surface area contributed by atoms with E-state index in [9.17, 15) is 25.3 Å². The lowest BCUT2D eigenvalue weighted by Gasteiger charge is -2.33. The van der Waals surface area contributed by atoms with E-state index in [1.165, 1.54) is 83.1 Å². The van der Waals surface area contributed by atoms with Gasteiger partial charge in [-0.1, -0.05) is 84.0 Å². The van der Waals surface area contributed by atoms with Gasteiger partial charge in [0.05, 0.1) is 47.6 Å². The standard InChI is InChI=1S/C27H47BrN3O6/c1-4-5-6-7-8-9-10-11-12-13-14-15-16-17-18-31(2,3)21-23(22-32)37-27-19-24(28)25(29(33)34)20-26(27)30(35)36/h19-20,23,32H,4-18,21-22H2,1-3H3/q+1. The molecule has 212 valence electrons. The van der Waals surface area contributed by atoms with Crippen LogP contribution in [-0.2, 0) is 0 Å². The molecule has 0 aromatic heterocycles. The number of benzene rings is 1. The van der Waals surface area contributed by atoms with Crippen molar-refractivity contribution >= 4 is 27.3 Å². The van der Waals surface area contributed by atoms with E-state index in [4.69, 9.17) is 4.74 Å². The molecule has 1 aromatic rings. The van der Waals surface area contributed by atoms with Gasteiger partial charge in [-0.15, -0.1) is 0 Å². The normalized spacial score (nSPS) is 12.5. The average Bonchev–Trinajstić information content (AvgIpc) is 2.83. The van der Waals surface area contributed by atoms with Gasteiger partial charge >= 0.3 is 5.69 Å². The Morgan fingerprint density at radius 1 is 0.838 bits per heavy atom. The summed E-state index contributed by atoms with van der Waals surface area (Å²) in [4.78, 5) is 21.2. The highest BCUT2D eigenvalue weighted by Gasteiger charge is 2.29. The summed E-state index contributed by atoms with van der Waals surface area (Å²) in [7, 11) is 4.10. The van der Waals surface area contributed by atoms with Crippen molar-refractivity contribution in [1.82, 2.24) is 0 Å². The Hall–Kier alpha value is -1.78. The summed E-state index contributed by atoms with van der Waals surface area (Å²) in [6, 6.07) is 2.11. The van der Waals surface area contributed by atoms with E-state index in [2.05, 4.69) is 36.9 Å². The number of hydrogen-bond donors (Lipinski definition) is 1. The Kier molecular flexibility index (Phi) is 16.6. The van der Waals surface area contributed by atoms with Gasteiger partial charge in [0.2, 0.25) is 0 Å². The summed E-state index contributed by atoms with van der Waals surface area (Å²) in [5, 5.41) is 32.4. The Bertz CT molecular complexity index is 822. The van der Waals surface area contributed by atoms with Crippen molar-refractivity contribution in [3.63, 3.8) is 0 Å². The van der Waals surface area contributed by atoms with Crippen molar-refractivity contribution in [2.75, 3.05) is 33.8 Å². The highest BCUT2D eigenvalue weighted by molar-refractivity contribution is 9.10. The van der Waals surface area contributed by atoms with E-state index in [0.29, 0.717) is 11.0 Å². The van der Waals surface area contributed by atoms with E-state index in [0.717, 1.165) is 25.5 Å². The summed E-state index contributed by atoms with van der Waals surface area (Å²) >= 11 is 3.08. The number of halogens is 1. The first-order chi connectivity index (χ1) is 17.6. The van der Waals surface area contributed by atoms with Crippen LogP contribution in [0.4, 0.5) is 11.4 Å². The lowest BCUT2D eigenvalue weighted by molar-refractivity contribution is -0.893. The monoisotopic (exact) mass is 588 g/mol. The van der Waals surface area contributed by atoms with Gasteiger partial charge in [0, 0.05) is 6.07 Å². The molecule has 1 N–H and O–H groups in total. The molecule has 1 aromatic carbocycles. The molecule has 0 aliphatic heterocycles. The number of nitro benzene ring substituents is 2. The first kappa shape index (κ1) is 33.2. The first-order valence-electron chi connectivity index (χ1n) is 13.8. The SMILES string of the molecule is CCCCCCCCCCCCCCCC[N+](C)(C)CC(CO)Oc1cc(Br)c([N+](=O)[O-])cc1[N+](=O)[O-]. The highest BCUT2D eigenvalue weighted by Crippen LogP contribution is 2.38. The van der Waals surface area contributed by atoms with E-state index >= 15 is 0 Å². The maximum absolute atomic E-state index is 11.4. The number of unbranched alkanes of at least 4 members (excludes halogenated alkanes) is 13. The minimum atomic E-state index is -0.710. The summed E-state index contributed by atoms with van der Waals surface area (Å²) in [5.74, 6) is -0.0991. The predicted molar refractivity (Wildman–Crippen MR) is 151 cm³/mol. The zero-order valence-corrected chi connectivity index (χ0v) is 24.5. The number of aliphatic hydroxyl groups excluding tert-OH is 1. The molecule has 0 saturated carbocycles. The number of ether oxygens (including phenoxy) is 1. The van der Waals surface area contributed by atoms with Gasteiger partial charge in [-0.25, -0.2) is 0 Å². The third kappa shape index (κ3) is 14.1. The molecule has 1 rings (SSSR count). The molecule has 0 amide bonds. The quantitative estimate of drug-likeness (QED) is 0.0646. The molecule has 37 heavy (non-hydrogen) atoms. The molecule has 0 radical (unpaired) electrons. The van der Waals surface area contributed by atoms with E-state index in [1.54, 1.807) is 0 Å². The second-order valence-corrected chi connectivity index (χ2v) is 11.5. The van der Waals surface area contributed by atoms with E-state index in [1.807, 2.05) is 0 Å². The molecule has 0 spiro atoms. The van der Waals surface area contributed by atoms with Crippen molar-refractivity contribution in [3.8, 4) is 5.75 Å². The van der Waals surface area contributed by atoms with Crippen molar-refractivity contribution in [2.45, 2.75) is 103 Å². The van der Waals surface area contributed by atoms with Crippen LogP contribution in [0.15, 0.2) is 16.6 Å². The molecule has 0 aliphatic carbocycles. The number of nitrogens with zero attached hydrogens (tertiary/aromatic N) is 3. The largest absolute Gasteiger partial charge is 0.475 e. The summed E-state index contributed by atoms with van der Waals surface area (Å²) in [6.45, 7) is 3.31. The molecule has 0 saturated heterocycles. The second kappa shape index (κ2) is 18.5. The Balaban J connectivity index is 2.35. The lowest BCUT2D eigenvalue weighted by Crippen LogP contribution is -2.48. The summed E-state index contributed by atoms with van der Waals surface area (Å²) < 4.78 is 6.46. The molecular formula is C27H47BrN3O6+. The molecule has 0 bridgehead atoms. The van der Waals surface area contributed by atoms with Crippen LogP contribution < -0.4 is 4.74 Å². The highest BCUT2D eigenvalue weighted by atomic mass is 79.9. The van der Waals surface area contributed by atoms with Gasteiger partial charge < -0.3 is 14.3 Å². The predicted octanol–water partition coefficient (Wildman–Crippen LogP) is 7.56. The van der Waals surface area contributed by atoms with Crippen LogP contribution >= 0.6 is 15.9 Å². The Morgan fingerprint density at radius 2 is 1.30 bits per heavy atom. The molecule has 9 nitrogen and oxygen atoms in total. The number of likely N-dealkylation sites (N-methyl/N-ethyl adjacent to an activating group) is 1. The Labute approximate surface area is 230 Å². The molecule has 1 unspecified atom stereocenters. The van der Waals surface area contributed by atoms with Crippen molar-refractivity contribution in [1.29, 1.82) is 0 Å². The van der Waals surface area contributed by atoms with Gasteiger partial charge in [-0.3, -0.25) is 20.2 Å². The van der Waals surface area contributed by atoms with Crippen molar-refractivity contribution in [3.05, 3.63) is 36.8 Å². The number of nitro groups is 2. The number of aliphatic hydroxyl groups is 1. The van der Waals surface area contributed by atoms with Gasteiger partial charge in [-0.05, 0) is 28.8 Å². The maximum Gasteiger partial charge on any atom is 0.317 e.